The number of ether oxygens (including phenoxy) is 2. The molecule has 4 rings (SSSR count). The topological polar surface area (TPSA) is 78.3 Å². The number of aromatic nitrogens is 3. The Kier molecular flexibility index (Phi) is 5.11. The van der Waals surface area contributed by atoms with E-state index in [4.69, 9.17) is 9.47 Å². The summed E-state index contributed by atoms with van der Waals surface area (Å²) in [6.07, 6.45) is 4.07. The van der Waals surface area contributed by atoms with Crippen LogP contribution in [0.2, 0.25) is 0 Å². The summed E-state index contributed by atoms with van der Waals surface area (Å²) >= 11 is 0. The Morgan fingerprint density at radius 2 is 1.83 bits per heavy atom. The van der Waals surface area contributed by atoms with Crippen molar-refractivity contribution in [2.24, 2.45) is 0 Å². The number of hydrogen-bond acceptors (Lipinski definition) is 6. The number of fused-ring (bicyclic) bond motifs is 1. The number of pyridine rings is 1. The van der Waals surface area contributed by atoms with E-state index in [0.717, 1.165) is 34.4 Å². The highest BCUT2D eigenvalue weighted by atomic mass is 16.5. The highest BCUT2D eigenvalue weighted by molar-refractivity contribution is 6.00. The number of aldehydes is 1. The Bertz CT molecular complexity index is 1150. The average Bonchev–Trinajstić information content (AvgIpc) is 3.18. The molecule has 0 amide bonds. The van der Waals surface area contributed by atoms with Gasteiger partial charge in [-0.1, -0.05) is 18.2 Å². The standard InChI is InChI=1S/C22H20N4O3/c1-28-18-8-6-15(7-9-18)13-26-22-20(12-24-26)21(16(14-27)11-23-22)25-17-4-3-5-19(10-17)29-2/h3-12,14H,13H2,1-2H3,(H,23,25). The van der Waals surface area contributed by atoms with Gasteiger partial charge >= 0.3 is 0 Å². The second-order valence-corrected chi connectivity index (χ2v) is 6.45. The van der Waals surface area contributed by atoms with Crippen LogP contribution in [0.15, 0.2) is 60.9 Å². The van der Waals surface area contributed by atoms with Crippen molar-refractivity contribution in [1.29, 1.82) is 0 Å². The van der Waals surface area contributed by atoms with E-state index in [0.29, 0.717) is 23.4 Å². The van der Waals surface area contributed by atoms with Crippen molar-refractivity contribution in [3.63, 3.8) is 0 Å². The van der Waals surface area contributed by atoms with E-state index in [-0.39, 0.29) is 0 Å². The van der Waals surface area contributed by atoms with Gasteiger partial charge in [0.25, 0.3) is 0 Å². The lowest BCUT2D eigenvalue weighted by molar-refractivity contribution is 0.112. The second kappa shape index (κ2) is 8.02. The van der Waals surface area contributed by atoms with E-state index in [1.54, 1.807) is 26.6 Å². The van der Waals surface area contributed by atoms with Gasteiger partial charge in [0.05, 0.1) is 43.6 Å². The number of rotatable bonds is 7. The maximum absolute atomic E-state index is 11.6. The number of hydrogen-bond donors (Lipinski definition) is 1. The van der Waals surface area contributed by atoms with E-state index in [9.17, 15) is 4.79 Å². The van der Waals surface area contributed by atoms with Crippen molar-refractivity contribution in [3.8, 4) is 11.5 Å². The number of carbonyl (C=O) groups is 1. The first-order valence-electron chi connectivity index (χ1n) is 9.05. The lowest BCUT2D eigenvalue weighted by Crippen LogP contribution is -2.04. The van der Waals surface area contributed by atoms with Crippen LogP contribution in [0.1, 0.15) is 15.9 Å². The minimum Gasteiger partial charge on any atom is -0.497 e. The van der Waals surface area contributed by atoms with Crippen molar-refractivity contribution in [2.75, 3.05) is 19.5 Å². The van der Waals surface area contributed by atoms with Gasteiger partial charge in [-0.05, 0) is 29.8 Å². The van der Waals surface area contributed by atoms with E-state index < -0.39 is 0 Å². The highest BCUT2D eigenvalue weighted by Gasteiger charge is 2.14. The van der Waals surface area contributed by atoms with Crippen LogP contribution >= 0.6 is 0 Å². The van der Waals surface area contributed by atoms with Crippen LogP contribution in [0.5, 0.6) is 11.5 Å². The number of carbonyl (C=O) groups excluding carboxylic acids is 1. The van der Waals surface area contributed by atoms with E-state index in [1.807, 2.05) is 53.2 Å². The first-order chi connectivity index (χ1) is 14.2. The van der Waals surface area contributed by atoms with Crippen molar-refractivity contribution in [3.05, 3.63) is 72.1 Å². The fourth-order valence-corrected chi connectivity index (χ4v) is 3.14. The third-order valence-corrected chi connectivity index (χ3v) is 4.65. The van der Waals surface area contributed by atoms with Gasteiger partial charge in [0.2, 0.25) is 0 Å². The molecule has 2 aromatic carbocycles. The average molecular weight is 388 g/mol. The lowest BCUT2D eigenvalue weighted by Gasteiger charge is -2.11. The van der Waals surface area contributed by atoms with Crippen LogP contribution in [0, 0.1) is 0 Å². The summed E-state index contributed by atoms with van der Waals surface area (Å²) in [4.78, 5) is 16.1. The summed E-state index contributed by atoms with van der Waals surface area (Å²) in [5.74, 6) is 1.53. The van der Waals surface area contributed by atoms with Crippen LogP contribution in [0.3, 0.4) is 0 Å². The number of methoxy groups -OCH3 is 2. The summed E-state index contributed by atoms with van der Waals surface area (Å²) in [5, 5.41) is 8.57. The molecule has 0 unspecified atom stereocenters. The van der Waals surface area contributed by atoms with Crippen LogP contribution < -0.4 is 14.8 Å². The number of anilines is 2. The maximum Gasteiger partial charge on any atom is 0.160 e. The van der Waals surface area contributed by atoms with Gasteiger partial charge < -0.3 is 14.8 Å². The van der Waals surface area contributed by atoms with E-state index in [1.165, 1.54) is 0 Å². The smallest absolute Gasteiger partial charge is 0.160 e. The number of nitrogens with one attached hydrogen (secondary N) is 1. The molecule has 0 atom stereocenters. The third kappa shape index (κ3) is 3.75. The molecule has 0 radical (unpaired) electrons. The van der Waals surface area contributed by atoms with Gasteiger partial charge in [0.1, 0.15) is 11.5 Å². The van der Waals surface area contributed by atoms with Crippen molar-refractivity contribution in [2.45, 2.75) is 6.54 Å². The van der Waals surface area contributed by atoms with Gasteiger partial charge in [-0.15, -0.1) is 0 Å². The molecule has 0 fully saturated rings. The molecule has 0 spiro atoms. The molecule has 146 valence electrons. The van der Waals surface area contributed by atoms with Crippen LogP contribution in [0.25, 0.3) is 11.0 Å². The summed E-state index contributed by atoms with van der Waals surface area (Å²) in [6.45, 7) is 0.555. The molecule has 7 nitrogen and oxygen atoms in total. The van der Waals surface area contributed by atoms with Crippen molar-refractivity contribution >= 4 is 28.7 Å². The summed E-state index contributed by atoms with van der Waals surface area (Å²) in [7, 11) is 3.26. The molecule has 0 saturated heterocycles. The molecule has 29 heavy (non-hydrogen) atoms. The number of nitrogens with zero attached hydrogens (tertiary/aromatic N) is 3. The van der Waals surface area contributed by atoms with Crippen molar-refractivity contribution < 1.29 is 14.3 Å². The summed E-state index contributed by atoms with van der Waals surface area (Å²) in [5.41, 5.74) is 3.70. The minimum absolute atomic E-state index is 0.462. The fourth-order valence-electron chi connectivity index (χ4n) is 3.14. The molecule has 0 aliphatic carbocycles. The first kappa shape index (κ1) is 18.5. The fraction of sp³-hybridized carbons (Fsp3) is 0.136. The second-order valence-electron chi connectivity index (χ2n) is 6.45. The van der Waals surface area contributed by atoms with Gasteiger partial charge in [0, 0.05) is 18.0 Å². The molecule has 4 aromatic rings. The molecule has 0 saturated carbocycles. The quantitative estimate of drug-likeness (QED) is 0.481. The zero-order chi connectivity index (χ0) is 20.2. The molecule has 0 bridgehead atoms. The maximum atomic E-state index is 11.6. The Morgan fingerprint density at radius 3 is 2.55 bits per heavy atom. The van der Waals surface area contributed by atoms with Gasteiger partial charge in [-0.25, -0.2) is 9.67 Å². The monoisotopic (exact) mass is 388 g/mol. The predicted molar refractivity (Wildman–Crippen MR) is 111 cm³/mol. The SMILES string of the molecule is COc1ccc(Cn2ncc3c(Nc4cccc(OC)c4)c(C=O)cnc32)cc1. The Labute approximate surface area is 167 Å². The zero-order valence-corrected chi connectivity index (χ0v) is 16.1. The van der Waals surface area contributed by atoms with Gasteiger partial charge in [-0.3, -0.25) is 4.79 Å². The normalized spacial score (nSPS) is 10.7. The molecule has 2 aromatic heterocycles. The molecule has 0 aliphatic heterocycles. The molecule has 1 N–H and O–H groups in total. The van der Waals surface area contributed by atoms with E-state index >= 15 is 0 Å². The molecule has 7 heteroatoms. The Hall–Kier alpha value is -3.87. The molecule has 0 aliphatic rings. The largest absolute Gasteiger partial charge is 0.497 e. The summed E-state index contributed by atoms with van der Waals surface area (Å²) in [6, 6.07) is 15.3. The minimum atomic E-state index is 0.462. The Morgan fingerprint density at radius 1 is 1.03 bits per heavy atom. The van der Waals surface area contributed by atoms with Crippen molar-refractivity contribution in [1.82, 2.24) is 14.8 Å². The highest BCUT2D eigenvalue weighted by Crippen LogP contribution is 2.30. The lowest BCUT2D eigenvalue weighted by atomic mass is 10.1. The predicted octanol–water partition coefficient (Wildman–Crippen LogP) is 4.05. The van der Waals surface area contributed by atoms with Crippen LogP contribution in [0.4, 0.5) is 11.4 Å². The molecular formula is C22H20N4O3. The van der Waals surface area contributed by atoms with Gasteiger partial charge in [-0.2, -0.15) is 5.10 Å². The zero-order valence-electron chi connectivity index (χ0n) is 16.1. The summed E-state index contributed by atoms with van der Waals surface area (Å²) < 4.78 is 12.3. The third-order valence-electron chi connectivity index (χ3n) is 4.65. The first-order valence-corrected chi connectivity index (χ1v) is 9.05. The van der Waals surface area contributed by atoms with Crippen LogP contribution in [-0.2, 0) is 6.54 Å². The Balaban J connectivity index is 1.71. The van der Waals surface area contributed by atoms with E-state index in [2.05, 4.69) is 15.4 Å². The van der Waals surface area contributed by atoms with Crippen LogP contribution in [-0.4, -0.2) is 35.3 Å². The molecular weight excluding hydrogens is 368 g/mol. The number of benzene rings is 2. The molecule has 2 heterocycles. The van der Waals surface area contributed by atoms with Gasteiger partial charge in [0.15, 0.2) is 11.9 Å².